The molecule has 0 aromatic heterocycles. The van der Waals surface area contributed by atoms with Crippen LogP contribution < -0.4 is 10.6 Å². The normalized spacial score (nSPS) is 22.6. The molecule has 3 rings (SSSR count). The number of ether oxygens (including phenoxy) is 2. The molecule has 1 saturated carbocycles. The predicted octanol–water partition coefficient (Wildman–Crippen LogP) is 1.43. The summed E-state index contributed by atoms with van der Waals surface area (Å²) < 4.78 is 11.6. The number of nitrogens with one attached hydrogen (secondary N) is 2. The summed E-state index contributed by atoms with van der Waals surface area (Å²) in [4.78, 5) is 23.6. The molecule has 2 fully saturated rings. The van der Waals surface area contributed by atoms with Gasteiger partial charge >= 0.3 is 11.8 Å². The van der Waals surface area contributed by atoms with E-state index in [2.05, 4.69) is 10.6 Å². The van der Waals surface area contributed by atoms with Crippen molar-refractivity contribution in [2.24, 2.45) is 0 Å². The second-order valence-corrected chi connectivity index (χ2v) is 5.70. The van der Waals surface area contributed by atoms with Gasteiger partial charge in [-0.05, 0) is 25.0 Å². The average Bonchev–Trinajstić information content (AvgIpc) is 3.16. The first kappa shape index (κ1) is 15.0. The first-order valence-electron chi connectivity index (χ1n) is 7.63. The van der Waals surface area contributed by atoms with Gasteiger partial charge < -0.3 is 20.1 Å². The topological polar surface area (TPSA) is 76.7 Å². The standard InChI is InChI=1S/C16H20N2O4/c19-14(15(20)18-12-6-2-1-3-7-12)17-10-13-11-21-16(22-13)8-4-5-9-16/h1-3,6-7,13H,4-5,8-11H2,(H,17,19)(H,18,20)/t13-/m1/s1. The minimum atomic E-state index is -0.680. The highest BCUT2D eigenvalue weighted by atomic mass is 16.7. The molecule has 6 heteroatoms. The van der Waals surface area contributed by atoms with E-state index in [1.54, 1.807) is 24.3 Å². The maximum absolute atomic E-state index is 11.8. The SMILES string of the molecule is O=C(NC[C@@H]1COC2(CCCC2)O1)C(=O)Nc1ccccc1. The molecular weight excluding hydrogens is 284 g/mol. The highest BCUT2D eigenvalue weighted by Gasteiger charge is 2.43. The third-order valence-corrected chi connectivity index (χ3v) is 4.01. The summed E-state index contributed by atoms with van der Waals surface area (Å²) in [5.74, 6) is -1.79. The fourth-order valence-electron chi connectivity index (χ4n) is 2.89. The number of para-hydroxylation sites is 1. The molecule has 118 valence electrons. The molecule has 1 heterocycles. The van der Waals surface area contributed by atoms with Crippen molar-refractivity contribution in [1.82, 2.24) is 5.32 Å². The summed E-state index contributed by atoms with van der Waals surface area (Å²) in [5, 5.41) is 5.14. The Morgan fingerprint density at radius 2 is 1.86 bits per heavy atom. The first-order valence-corrected chi connectivity index (χ1v) is 7.63. The van der Waals surface area contributed by atoms with Gasteiger partial charge in [0.1, 0.15) is 6.10 Å². The molecule has 2 N–H and O–H groups in total. The van der Waals surface area contributed by atoms with E-state index in [1.807, 2.05) is 6.07 Å². The van der Waals surface area contributed by atoms with Crippen LogP contribution in [0.1, 0.15) is 25.7 Å². The molecule has 1 saturated heterocycles. The molecule has 2 amide bonds. The lowest BCUT2D eigenvalue weighted by atomic mass is 10.2. The fourth-order valence-corrected chi connectivity index (χ4v) is 2.89. The van der Waals surface area contributed by atoms with Crippen molar-refractivity contribution in [3.05, 3.63) is 30.3 Å². The predicted molar refractivity (Wildman–Crippen MR) is 80.1 cm³/mol. The molecule has 1 atom stereocenters. The molecule has 0 bridgehead atoms. The van der Waals surface area contributed by atoms with Crippen LogP contribution in [-0.2, 0) is 19.1 Å². The zero-order chi connectivity index (χ0) is 15.4. The highest BCUT2D eigenvalue weighted by Crippen LogP contribution is 2.38. The van der Waals surface area contributed by atoms with Crippen LogP contribution in [0.2, 0.25) is 0 Å². The van der Waals surface area contributed by atoms with Crippen molar-refractivity contribution in [1.29, 1.82) is 0 Å². The summed E-state index contributed by atoms with van der Waals surface area (Å²) in [7, 11) is 0. The van der Waals surface area contributed by atoms with Gasteiger partial charge in [-0.1, -0.05) is 18.2 Å². The number of carbonyl (C=O) groups is 2. The van der Waals surface area contributed by atoms with E-state index in [4.69, 9.17) is 9.47 Å². The Balaban J connectivity index is 1.43. The lowest BCUT2D eigenvalue weighted by molar-refractivity contribution is -0.161. The second kappa shape index (κ2) is 6.46. The van der Waals surface area contributed by atoms with Gasteiger partial charge in [-0.2, -0.15) is 0 Å². The van der Waals surface area contributed by atoms with E-state index in [9.17, 15) is 9.59 Å². The molecule has 1 aliphatic heterocycles. The Hall–Kier alpha value is -1.92. The zero-order valence-corrected chi connectivity index (χ0v) is 12.3. The molecule has 0 unspecified atom stereocenters. The van der Waals surface area contributed by atoms with Crippen LogP contribution in [0.3, 0.4) is 0 Å². The Kier molecular flexibility index (Phi) is 4.40. The third kappa shape index (κ3) is 3.45. The second-order valence-electron chi connectivity index (χ2n) is 5.70. The Morgan fingerprint density at radius 3 is 2.59 bits per heavy atom. The number of rotatable bonds is 3. The smallest absolute Gasteiger partial charge is 0.313 e. The van der Waals surface area contributed by atoms with E-state index in [-0.39, 0.29) is 12.6 Å². The van der Waals surface area contributed by atoms with E-state index in [0.29, 0.717) is 12.3 Å². The van der Waals surface area contributed by atoms with Crippen molar-refractivity contribution in [2.45, 2.75) is 37.6 Å². The van der Waals surface area contributed by atoms with Gasteiger partial charge in [-0.15, -0.1) is 0 Å². The van der Waals surface area contributed by atoms with Gasteiger partial charge in [0.15, 0.2) is 5.79 Å². The summed E-state index contributed by atoms with van der Waals surface area (Å²) in [6.07, 6.45) is 3.85. The molecule has 0 radical (unpaired) electrons. The quantitative estimate of drug-likeness (QED) is 0.828. The van der Waals surface area contributed by atoms with Crippen LogP contribution in [0.4, 0.5) is 5.69 Å². The lowest BCUT2D eigenvalue weighted by Gasteiger charge is -2.21. The molecule has 22 heavy (non-hydrogen) atoms. The summed E-state index contributed by atoms with van der Waals surface area (Å²) in [6, 6.07) is 8.87. The van der Waals surface area contributed by atoms with Crippen LogP contribution >= 0.6 is 0 Å². The molecule has 1 aromatic rings. The maximum Gasteiger partial charge on any atom is 0.313 e. The van der Waals surface area contributed by atoms with E-state index < -0.39 is 17.6 Å². The van der Waals surface area contributed by atoms with Crippen LogP contribution in [0.15, 0.2) is 30.3 Å². The molecule has 1 aliphatic carbocycles. The lowest BCUT2D eigenvalue weighted by Crippen LogP contribution is -2.40. The van der Waals surface area contributed by atoms with E-state index >= 15 is 0 Å². The number of carbonyl (C=O) groups excluding carboxylic acids is 2. The summed E-state index contributed by atoms with van der Waals surface area (Å²) >= 11 is 0. The Labute approximate surface area is 129 Å². The van der Waals surface area contributed by atoms with Crippen LogP contribution in [0.25, 0.3) is 0 Å². The maximum atomic E-state index is 11.8. The van der Waals surface area contributed by atoms with Gasteiger partial charge in [-0.3, -0.25) is 9.59 Å². The fraction of sp³-hybridized carbons (Fsp3) is 0.500. The number of hydrogen-bond acceptors (Lipinski definition) is 4. The Bertz CT molecular complexity index is 540. The molecule has 6 nitrogen and oxygen atoms in total. The van der Waals surface area contributed by atoms with Gasteiger partial charge in [0.2, 0.25) is 0 Å². The van der Waals surface area contributed by atoms with Gasteiger partial charge in [-0.25, -0.2) is 0 Å². The number of hydrogen-bond donors (Lipinski definition) is 2. The van der Waals surface area contributed by atoms with Gasteiger partial charge in [0.25, 0.3) is 0 Å². The first-order chi connectivity index (χ1) is 10.7. The zero-order valence-electron chi connectivity index (χ0n) is 12.3. The minimum absolute atomic E-state index is 0.188. The highest BCUT2D eigenvalue weighted by molar-refractivity contribution is 6.39. The summed E-state index contributed by atoms with van der Waals surface area (Å²) in [6.45, 7) is 0.739. The monoisotopic (exact) mass is 304 g/mol. The molecular formula is C16H20N2O4. The van der Waals surface area contributed by atoms with Crippen LogP contribution in [0.5, 0.6) is 0 Å². The minimum Gasteiger partial charge on any atom is -0.347 e. The van der Waals surface area contributed by atoms with Crippen molar-refractivity contribution >= 4 is 17.5 Å². The molecule has 1 aromatic carbocycles. The Morgan fingerprint density at radius 1 is 1.14 bits per heavy atom. The van der Waals surface area contributed by atoms with Crippen molar-refractivity contribution < 1.29 is 19.1 Å². The van der Waals surface area contributed by atoms with Gasteiger partial charge in [0, 0.05) is 25.1 Å². The van der Waals surface area contributed by atoms with Crippen molar-refractivity contribution in [3.63, 3.8) is 0 Å². The van der Waals surface area contributed by atoms with Crippen molar-refractivity contribution in [2.75, 3.05) is 18.5 Å². The molecule has 2 aliphatic rings. The van der Waals surface area contributed by atoms with Crippen molar-refractivity contribution in [3.8, 4) is 0 Å². The van der Waals surface area contributed by atoms with Crippen LogP contribution in [0, 0.1) is 0 Å². The number of anilines is 1. The number of benzene rings is 1. The third-order valence-electron chi connectivity index (χ3n) is 4.01. The summed E-state index contributed by atoms with van der Waals surface area (Å²) in [5.41, 5.74) is 0.591. The molecule has 1 spiro atoms. The van der Waals surface area contributed by atoms with Crippen LogP contribution in [-0.4, -0.2) is 36.9 Å². The van der Waals surface area contributed by atoms with E-state index in [1.165, 1.54) is 0 Å². The number of amides is 2. The average molecular weight is 304 g/mol. The largest absolute Gasteiger partial charge is 0.347 e. The van der Waals surface area contributed by atoms with E-state index in [0.717, 1.165) is 25.7 Å². The van der Waals surface area contributed by atoms with Gasteiger partial charge in [0.05, 0.1) is 6.61 Å².